The standard InChI is InChI=1S/C19H19N5O4S/c20-13-14-3-1-2-4-18(14)29(27,28)23-11-9-22(10-12-23)19-15-7-8-21-16(15)5-6-17(19)24(25)26/h1-6,21H,7-12H2. The molecule has 0 radical (unpaired) electrons. The van der Waals surface area contributed by atoms with Gasteiger partial charge in [0.25, 0.3) is 5.69 Å². The van der Waals surface area contributed by atoms with Gasteiger partial charge in [0, 0.05) is 50.0 Å². The van der Waals surface area contributed by atoms with Gasteiger partial charge in [0.1, 0.15) is 11.8 Å². The highest BCUT2D eigenvalue weighted by atomic mass is 32.2. The summed E-state index contributed by atoms with van der Waals surface area (Å²) in [5.41, 5.74) is 2.53. The number of fused-ring (bicyclic) bond motifs is 1. The lowest BCUT2D eigenvalue weighted by atomic mass is 10.1. The molecule has 0 amide bonds. The van der Waals surface area contributed by atoms with Crippen molar-refractivity contribution in [1.29, 1.82) is 5.26 Å². The summed E-state index contributed by atoms with van der Waals surface area (Å²) in [5, 5.41) is 24.0. The van der Waals surface area contributed by atoms with Gasteiger partial charge in [0.15, 0.2) is 0 Å². The molecule has 0 aromatic heterocycles. The number of nitrogens with zero attached hydrogens (tertiary/aromatic N) is 4. The zero-order chi connectivity index (χ0) is 20.6. The Morgan fingerprint density at radius 1 is 1.10 bits per heavy atom. The number of hydrogen-bond donors (Lipinski definition) is 1. The van der Waals surface area contributed by atoms with E-state index >= 15 is 0 Å². The molecule has 0 atom stereocenters. The molecule has 10 heteroatoms. The second-order valence-electron chi connectivity index (χ2n) is 6.89. The van der Waals surface area contributed by atoms with E-state index in [0.717, 1.165) is 17.8 Å². The third kappa shape index (κ3) is 3.28. The highest BCUT2D eigenvalue weighted by molar-refractivity contribution is 7.89. The average Bonchev–Trinajstić information content (AvgIpc) is 3.22. The first kappa shape index (κ1) is 19.2. The van der Waals surface area contributed by atoms with Crippen molar-refractivity contribution in [2.45, 2.75) is 11.3 Å². The van der Waals surface area contributed by atoms with Crippen LogP contribution in [-0.4, -0.2) is 50.4 Å². The number of nitro groups is 1. The van der Waals surface area contributed by atoms with Gasteiger partial charge in [-0.05, 0) is 24.6 Å². The predicted octanol–water partition coefficient (Wildman–Crippen LogP) is 1.95. The maximum Gasteiger partial charge on any atom is 0.292 e. The second-order valence-corrected chi connectivity index (χ2v) is 8.80. The fourth-order valence-corrected chi connectivity index (χ4v) is 5.50. The van der Waals surface area contributed by atoms with E-state index in [2.05, 4.69) is 5.32 Å². The Bertz CT molecular complexity index is 1120. The molecule has 29 heavy (non-hydrogen) atoms. The molecule has 150 valence electrons. The van der Waals surface area contributed by atoms with Crippen molar-refractivity contribution in [2.75, 3.05) is 42.9 Å². The third-order valence-corrected chi connectivity index (χ3v) is 7.29. The van der Waals surface area contributed by atoms with Crippen molar-refractivity contribution in [3.8, 4) is 6.07 Å². The Morgan fingerprint density at radius 2 is 1.83 bits per heavy atom. The topological polar surface area (TPSA) is 120 Å². The fraction of sp³-hybridized carbons (Fsp3) is 0.316. The van der Waals surface area contributed by atoms with Gasteiger partial charge in [0.05, 0.1) is 15.4 Å². The Balaban J connectivity index is 1.61. The summed E-state index contributed by atoms with van der Waals surface area (Å²) in [4.78, 5) is 13.1. The molecule has 2 aliphatic rings. The smallest absolute Gasteiger partial charge is 0.292 e. The average molecular weight is 413 g/mol. The van der Waals surface area contributed by atoms with Crippen LogP contribution in [0.3, 0.4) is 0 Å². The van der Waals surface area contributed by atoms with E-state index in [1.54, 1.807) is 18.2 Å². The molecule has 2 aromatic carbocycles. The molecule has 2 aromatic rings. The molecule has 1 N–H and O–H groups in total. The van der Waals surface area contributed by atoms with Crippen LogP contribution in [0.25, 0.3) is 0 Å². The molecular formula is C19H19N5O4S. The maximum absolute atomic E-state index is 13.0. The molecule has 1 saturated heterocycles. The summed E-state index contributed by atoms with van der Waals surface area (Å²) in [7, 11) is -3.81. The van der Waals surface area contributed by atoms with E-state index in [1.807, 2.05) is 11.0 Å². The van der Waals surface area contributed by atoms with Crippen LogP contribution in [-0.2, 0) is 16.4 Å². The second kappa shape index (κ2) is 7.35. The van der Waals surface area contributed by atoms with Crippen LogP contribution >= 0.6 is 0 Å². The lowest BCUT2D eigenvalue weighted by molar-refractivity contribution is -0.384. The van der Waals surface area contributed by atoms with Crippen molar-refractivity contribution < 1.29 is 13.3 Å². The predicted molar refractivity (Wildman–Crippen MR) is 107 cm³/mol. The van der Waals surface area contributed by atoms with Crippen LogP contribution in [0, 0.1) is 21.4 Å². The highest BCUT2D eigenvalue weighted by Gasteiger charge is 2.34. The summed E-state index contributed by atoms with van der Waals surface area (Å²) in [5.74, 6) is 0. The number of nitro benzene ring substituents is 1. The van der Waals surface area contributed by atoms with E-state index in [1.165, 1.54) is 22.5 Å². The van der Waals surface area contributed by atoms with Crippen molar-refractivity contribution >= 4 is 27.1 Å². The molecular weight excluding hydrogens is 394 g/mol. The molecule has 0 bridgehead atoms. The zero-order valence-electron chi connectivity index (χ0n) is 15.5. The number of anilines is 2. The Morgan fingerprint density at radius 3 is 2.52 bits per heavy atom. The minimum absolute atomic E-state index is 0.00765. The normalized spacial score (nSPS) is 16.7. The van der Waals surface area contributed by atoms with Gasteiger partial charge >= 0.3 is 0 Å². The minimum Gasteiger partial charge on any atom is -0.384 e. The van der Waals surface area contributed by atoms with E-state index in [9.17, 15) is 23.8 Å². The van der Waals surface area contributed by atoms with Crippen molar-refractivity contribution in [1.82, 2.24) is 4.31 Å². The molecule has 9 nitrogen and oxygen atoms in total. The Labute approximate surface area is 168 Å². The van der Waals surface area contributed by atoms with Gasteiger partial charge in [0.2, 0.25) is 10.0 Å². The maximum atomic E-state index is 13.0. The molecule has 2 aliphatic heterocycles. The number of nitrogens with one attached hydrogen (secondary N) is 1. The van der Waals surface area contributed by atoms with E-state index in [4.69, 9.17) is 0 Å². The van der Waals surface area contributed by atoms with Crippen molar-refractivity contribution in [2.24, 2.45) is 0 Å². The quantitative estimate of drug-likeness (QED) is 0.601. The highest BCUT2D eigenvalue weighted by Crippen LogP contribution is 2.40. The van der Waals surface area contributed by atoms with Crippen LogP contribution in [0.4, 0.5) is 17.1 Å². The van der Waals surface area contributed by atoms with E-state index in [0.29, 0.717) is 25.2 Å². The van der Waals surface area contributed by atoms with Crippen molar-refractivity contribution in [3.63, 3.8) is 0 Å². The number of benzene rings is 2. The largest absolute Gasteiger partial charge is 0.384 e. The number of rotatable bonds is 4. The SMILES string of the molecule is N#Cc1ccccc1S(=O)(=O)N1CCN(c2c([N+](=O)[O-])ccc3c2CCN3)CC1. The van der Waals surface area contributed by atoms with Crippen LogP contribution in [0.1, 0.15) is 11.1 Å². The van der Waals surface area contributed by atoms with Gasteiger partial charge in [-0.15, -0.1) is 0 Å². The fourth-order valence-electron chi connectivity index (χ4n) is 3.94. The van der Waals surface area contributed by atoms with Gasteiger partial charge in [-0.3, -0.25) is 10.1 Å². The van der Waals surface area contributed by atoms with Crippen LogP contribution in [0.2, 0.25) is 0 Å². The lowest BCUT2D eigenvalue weighted by Gasteiger charge is -2.36. The van der Waals surface area contributed by atoms with Gasteiger partial charge in [-0.2, -0.15) is 9.57 Å². The van der Waals surface area contributed by atoms with E-state index < -0.39 is 10.0 Å². The Hall–Kier alpha value is -3.16. The molecule has 0 aliphatic carbocycles. The minimum atomic E-state index is -3.81. The molecule has 1 fully saturated rings. The van der Waals surface area contributed by atoms with Gasteiger partial charge in [-0.1, -0.05) is 12.1 Å². The Kier molecular flexibility index (Phi) is 4.86. The van der Waals surface area contributed by atoms with E-state index in [-0.39, 0.29) is 34.2 Å². The van der Waals surface area contributed by atoms with Crippen LogP contribution < -0.4 is 10.2 Å². The van der Waals surface area contributed by atoms with Crippen LogP contribution in [0.5, 0.6) is 0 Å². The summed E-state index contributed by atoms with van der Waals surface area (Å²) < 4.78 is 27.4. The number of hydrogen-bond acceptors (Lipinski definition) is 7. The van der Waals surface area contributed by atoms with Gasteiger partial charge in [-0.25, -0.2) is 8.42 Å². The summed E-state index contributed by atoms with van der Waals surface area (Å²) in [6.07, 6.45) is 0.695. The van der Waals surface area contributed by atoms with Crippen LogP contribution in [0.15, 0.2) is 41.3 Å². The van der Waals surface area contributed by atoms with Gasteiger partial charge < -0.3 is 10.2 Å². The lowest BCUT2D eigenvalue weighted by Crippen LogP contribution is -2.49. The van der Waals surface area contributed by atoms with Crippen molar-refractivity contribution in [3.05, 3.63) is 57.6 Å². The first-order valence-electron chi connectivity index (χ1n) is 9.22. The first-order chi connectivity index (χ1) is 13.9. The third-order valence-electron chi connectivity index (χ3n) is 5.33. The molecule has 4 rings (SSSR count). The summed E-state index contributed by atoms with van der Waals surface area (Å²) >= 11 is 0. The monoisotopic (exact) mass is 413 g/mol. The molecule has 0 spiro atoms. The summed E-state index contributed by atoms with van der Waals surface area (Å²) in [6.45, 7) is 1.78. The first-order valence-corrected chi connectivity index (χ1v) is 10.7. The summed E-state index contributed by atoms with van der Waals surface area (Å²) in [6, 6.07) is 11.3. The molecule has 2 heterocycles. The number of piperazine rings is 1. The molecule has 0 saturated carbocycles. The molecule has 0 unspecified atom stereocenters. The zero-order valence-corrected chi connectivity index (χ0v) is 16.4. The number of sulfonamides is 1. The number of nitriles is 1.